The third-order valence-electron chi connectivity index (χ3n) is 4.71. The summed E-state index contributed by atoms with van der Waals surface area (Å²) in [6, 6.07) is 12.2. The maximum Gasteiger partial charge on any atom is 0.251 e. The van der Waals surface area contributed by atoms with Crippen LogP contribution in [0.15, 0.2) is 52.3 Å². The van der Waals surface area contributed by atoms with Crippen LogP contribution in [0, 0.1) is 0 Å². The highest BCUT2D eigenvalue weighted by Crippen LogP contribution is 2.28. The van der Waals surface area contributed by atoms with Gasteiger partial charge in [-0.2, -0.15) is 4.31 Å². The van der Waals surface area contributed by atoms with E-state index in [1.54, 1.807) is 31.7 Å². The fourth-order valence-corrected chi connectivity index (χ4v) is 5.03. The number of hydrogen-bond donors (Lipinski definition) is 1. The molecule has 2 rings (SSSR count). The number of rotatable bonds is 9. The molecule has 0 saturated heterocycles. The number of nitrogens with zero attached hydrogens (tertiary/aromatic N) is 1. The number of nitrogens with one attached hydrogen (secondary N) is 1. The highest BCUT2D eigenvalue weighted by atomic mass is 32.2. The zero-order chi connectivity index (χ0) is 21.6. The summed E-state index contributed by atoms with van der Waals surface area (Å²) >= 11 is 1.65. The van der Waals surface area contributed by atoms with E-state index in [0.29, 0.717) is 13.1 Å². The first kappa shape index (κ1) is 23.3. The van der Waals surface area contributed by atoms with Crippen LogP contribution in [0.4, 0.5) is 0 Å². The van der Waals surface area contributed by atoms with Crippen LogP contribution in [0.3, 0.4) is 0 Å². The van der Waals surface area contributed by atoms with Crippen molar-refractivity contribution in [3.63, 3.8) is 0 Å². The average molecular weight is 437 g/mol. The third kappa shape index (κ3) is 5.32. The van der Waals surface area contributed by atoms with Crippen LogP contribution < -0.4 is 10.1 Å². The van der Waals surface area contributed by atoms with Gasteiger partial charge in [-0.25, -0.2) is 8.42 Å². The van der Waals surface area contributed by atoms with Crippen molar-refractivity contribution in [3.05, 3.63) is 53.6 Å². The predicted octanol–water partition coefficient (Wildman–Crippen LogP) is 3.94. The van der Waals surface area contributed by atoms with E-state index in [2.05, 4.69) is 5.32 Å². The molecule has 0 radical (unpaired) electrons. The number of methoxy groups -OCH3 is 1. The second-order valence-corrected chi connectivity index (χ2v) is 9.21. The number of sulfonamides is 1. The predicted molar refractivity (Wildman–Crippen MR) is 117 cm³/mol. The van der Waals surface area contributed by atoms with E-state index in [4.69, 9.17) is 4.74 Å². The molecule has 0 fully saturated rings. The topological polar surface area (TPSA) is 75.7 Å². The van der Waals surface area contributed by atoms with Gasteiger partial charge >= 0.3 is 0 Å². The lowest BCUT2D eigenvalue weighted by Gasteiger charge is -2.21. The zero-order valence-electron chi connectivity index (χ0n) is 17.4. The maximum absolute atomic E-state index is 13.0. The molecule has 0 aliphatic heterocycles. The SMILES string of the molecule is CCN(CC)S(=O)(=O)c1cc(C(=O)N[C@H](C)c2ccc(SC)cc2)ccc1OC. The van der Waals surface area contributed by atoms with Crippen molar-refractivity contribution < 1.29 is 17.9 Å². The molecule has 6 nitrogen and oxygen atoms in total. The van der Waals surface area contributed by atoms with Gasteiger partial charge in [0.2, 0.25) is 10.0 Å². The van der Waals surface area contributed by atoms with Crippen molar-refractivity contribution in [1.29, 1.82) is 0 Å². The molecule has 0 heterocycles. The van der Waals surface area contributed by atoms with Crippen LogP contribution in [0.25, 0.3) is 0 Å². The molecular formula is C21H28N2O4S2. The molecule has 2 aromatic carbocycles. The summed E-state index contributed by atoms with van der Waals surface area (Å²) in [4.78, 5) is 13.9. The van der Waals surface area contributed by atoms with Gasteiger partial charge in [-0.3, -0.25) is 4.79 Å². The summed E-state index contributed by atoms with van der Waals surface area (Å²) in [5.41, 5.74) is 1.24. The van der Waals surface area contributed by atoms with Crippen molar-refractivity contribution in [2.45, 2.75) is 36.6 Å². The highest BCUT2D eigenvalue weighted by molar-refractivity contribution is 7.98. The molecule has 0 spiro atoms. The summed E-state index contributed by atoms with van der Waals surface area (Å²) in [6.07, 6.45) is 2.01. The summed E-state index contributed by atoms with van der Waals surface area (Å²) < 4.78 is 32.5. The Morgan fingerprint density at radius 1 is 1.14 bits per heavy atom. The Morgan fingerprint density at radius 2 is 1.76 bits per heavy atom. The second kappa shape index (κ2) is 10.1. The molecule has 1 atom stereocenters. The van der Waals surface area contributed by atoms with E-state index in [1.807, 2.05) is 37.4 Å². The smallest absolute Gasteiger partial charge is 0.251 e. The standard InChI is InChI=1S/C21H28N2O4S2/c1-6-23(7-2)29(25,26)20-14-17(10-13-19(20)27-4)21(24)22-15(3)16-8-11-18(28-5)12-9-16/h8-15H,6-7H2,1-5H3,(H,22,24)/t15-/m1/s1. The van der Waals surface area contributed by atoms with Gasteiger partial charge in [0.25, 0.3) is 5.91 Å². The minimum Gasteiger partial charge on any atom is -0.495 e. The van der Waals surface area contributed by atoms with Gasteiger partial charge < -0.3 is 10.1 Å². The first-order valence-corrected chi connectivity index (χ1v) is 12.1. The molecule has 0 aromatic heterocycles. The van der Waals surface area contributed by atoms with E-state index in [-0.39, 0.29) is 28.2 Å². The van der Waals surface area contributed by atoms with Gasteiger partial charge in [0.1, 0.15) is 10.6 Å². The Hall–Kier alpha value is -2.03. The lowest BCUT2D eigenvalue weighted by atomic mass is 10.1. The van der Waals surface area contributed by atoms with E-state index >= 15 is 0 Å². The van der Waals surface area contributed by atoms with Crippen LogP contribution in [-0.2, 0) is 10.0 Å². The molecule has 8 heteroatoms. The Bertz CT molecular complexity index is 940. The first-order valence-electron chi connectivity index (χ1n) is 9.41. The third-order valence-corrected chi connectivity index (χ3v) is 7.53. The van der Waals surface area contributed by atoms with Crippen LogP contribution in [0.5, 0.6) is 5.75 Å². The summed E-state index contributed by atoms with van der Waals surface area (Å²) in [7, 11) is -2.35. The molecule has 2 aromatic rings. The second-order valence-electron chi connectivity index (χ2n) is 6.42. The van der Waals surface area contributed by atoms with Gasteiger partial charge in [0, 0.05) is 23.5 Å². The van der Waals surface area contributed by atoms with E-state index in [1.165, 1.54) is 23.5 Å². The normalized spacial score (nSPS) is 12.6. The molecule has 158 valence electrons. The number of amides is 1. The Balaban J connectivity index is 2.31. The fraction of sp³-hybridized carbons (Fsp3) is 0.381. The van der Waals surface area contributed by atoms with Crippen molar-refractivity contribution >= 4 is 27.7 Å². The fourth-order valence-electron chi connectivity index (χ4n) is 2.98. The molecule has 29 heavy (non-hydrogen) atoms. The number of hydrogen-bond acceptors (Lipinski definition) is 5. The number of carbonyl (C=O) groups is 1. The number of benzene rings is 2. The van der Waals surface area contributed by atoms with Gasteiger partial charge in [-0.1, -0.05) is 26.0 Å². The molecule has 0 bridgehead atoms. The molecule has 1 N–H and O–H groups in total. The number of carbonyl (C=O) groups excluding carboxylic acids is 1. The van der Waals surface area contributed by atoms with Crippen LogP contribution in [0.1, 0.15) is 42.7 Å². The van der Waals surface area contributed by atoms with Crippen molar-refractivity contribution in [1.82, 2.24) is 9.62 Å². The van der Waals surface area contributed by atoms with Crippen LogP contribution in [0.2, 0.25) is 0 Å². The van der Waals surface area contributed by atoms with Crippen LogP contribution in [-0.4, -0.2) is 45.1 Å². The van der Waals surface area contributed by atoms with Gasteiger partial charge in [0.15, 0.2) is 0 Å². The first-order chi connectivity index (χ1) is 13.8. The zero-order valence-corrected chi connectivity index (χ0v) is 19.1. The van der Waals surface area contributed by atoms with Gasteiger partial charge in [0.05, 0.1) is 13.2 Å². The lowest BCUT2D eigenvalue weighted by Crippen LogP contribution is -2.31. The molecular weight excluding hydrogens is 408 g/mol. The average Bonchev–Trinajstić information content (AvgIpc) is 2.73. The minimum absolute atomic E-state index is 0.00618. The summed E-state index contributed by atoms with van der Waals surface area (Å²) in [6.45, 7) is 6.11. The monoisotopic (exact) mass is 436 g/mol. The minimum atomic E-state index is -3.76. The maximum atomic E-state index is 13.0. The highest BCUT2D eigenvalue weighted by Gasteiger charge is 2.27. The van der Waals surface area contributed by atoms with Gasteiger partial charge in [-0.15, -0.1) is 11.8 Å². The Morgan fingerprint density at radius 3 is 2.28 bits per heavy atom. The largest absolute Gasteiger partial charge is 0.495 e. The number of thioether (sulfide) groups is 1. The quantitative estimate of drug-likeness (QED) is 0.603. The van der Waals surface area contributed by atoms with Crippen molar-refractivity contribution in [2.75, 3.05) is 26.5 Å². The molecule has 0 unspecified atom stereocenters. The van der Waals surface area contributed by atoms with E-state index in [9.17, 15) is 13.2 Å². The molecule has 0 aliphatic rings. The van der Waals surface area contributed by atoms with E-state index < -0.39 is 10.0 Å². The Labute approximate surface area is 177 Å². The van der Waals surface area contributed by atoms with Crippen LogP contribution >= 0.6 is 11.8 Å². The molecule has 0 saturated carbocycles. The summed E-state index contributed by atoms with van der Waals surface area (Å²) in [5.74, 6) is -0.126. The molecule has 0 aliphatic carbocycles. The van der Waals surface area contributed by atoms with Crippen molar-refractivity contribution in [3.8, 4) is 5.75 Å². The van der Waals surface area contributed by atoms with Gasteiger partial charge in [-0.05, 0) is 49.1 Å². The Kier molecular flexibility index (Phi) is 8.13. The molecule has 1 amide bonds. The van der Waals surface area contributed by atoms with E-state index in [0.717, 1.165) is 10.5 Å². The summed E-state index contributed by atoms with van der Waals surface area (Å²) in [5, 5.41) is 2.93. The number of ether oxygens (including phenoxy) is 1. The van der Waals surface area contributed by atoms with Crippen molar-refractivity contribution in [2.24, 2.45) is 0 Å². The lowest BCUT2D eigenvalue weighted by molar-refractivity contribution is 0.0939.